The van der Waals surface area contributed by atoms with Gasteiger partial charge in [0.2, 0.25) is 0 Å². The fourth-order valence-corrected chi connectivity index (χ4v) is 3.99. The largest absolute Gasteiger partial charge is 0.361 e. The summed E-state index contributed by atoms with van der Waals surface area (Å²) in [7, 11) is 0. The lowest BCUT2D eigenvalue weighted by Gasteiger charge is -2.21. The fourth-order valence-electron chi connectivity index (χ4n) is 2.87. The number of hydrogen-bond donors (Lipinski definition) is 2. The number of nitrogens with one attached hydrogen (secondary N) is 2. The number of benzene rings is 1. The monoisotopic (exact) mass is 301 g/mol. The first kappa shape index (κ1) is 14.5. The number of anilines is 1. The van der Waals surface area contributed by atoms with Crippen molar-refractivity contribution in [3.05, 3.63) is 46.5 Å². The van der Waals surface area contributed by atoms with E-state index in [0.717, 1.165) is 37.5 Å². The van der Waals surface area contributed by atoms with Crippen LogP contribution < -0.4 is 10.6 Å². The summed E-state index contributed by atoms with van der Waals surface area (Å²) in [6, 6.07) is 11.2. The Morgan fingerprint density at radius 2 is 2.14 bits per heavy atom. The number of aryl methyl sites for hydroxylation is 1. The maximum atomic E-state index is 4.76. The third kappa shape index (κ3) is 3.83. The van der Waals surface area contributed by atoms with E-state index in [1.54, 1.807) is 0 Å². The molecule has 1 aromatic carbocycles. The smallest absolute Gasteiger partial charge is 0.183 e. The molecule has 3 rings (SSSR count). The summed E-state index contributed by atoms with van der Waals surface area (Å²) < 4.78 is 0. The summed E-state index contributed by atoms with van der Waals surface area (Å²) in [5.41, 5.74) is 2.69. The number of aromatic nitrogens is 1. The lowest BCUT2D eigenvalue weighted by atomic mass is 9.98. The average Bonchev–Trinajstić information content (AvgIpc) is 2.91. The molecule has 1 aliphatic rings. The minimum atomic E-state index is 0.639. The molecular formula is C17H23N3S. The molecule has 0 saturated heterocycles. The molecule has 0 radical (unpaired) electrons. The highest BCUT2D eigenvalue weighted by molar-refractivity contribution is 7.15. The average molecular weight is 301 g/mol. The first-order chi connectivity index (χ1) is 10.3. The van der Waals surface area contributed by atoms with Crippen LogP contribution in [0.1, 0.15) is 29.5 Å². The van der Waals surface area contributed by atoms with Crippen molar-refractivity contribution in [1.82, 2.24) is 10.3 Å². The summed E-state index contributed by atoms with van der Waals surface area (Å²) in [6.07, 6.45) is 4.52. The summed E-state index contributed by atoms with van der Waals surface area (Å²) >= 11 is 1.84. The maximum Gasteiger partial charge on any atom is 0.183 e. The van der Waals surface area contributed by atoms with Gasteiger partial charge in [0.1, 0.15) is 0 Å². The molecule has 0 spiro atoms. The van der Waals surface area contributed by atoms with Crippen LogP contribution in [0.25, 0.3) is 0 Å². The van der Waals surface area contributed by atoms with Crippen molar-refractivity contribution in [2.45, 2.75) is 38.6 Å². The molecule has 0 aliphatic heterocycles. The fraction of sp³-hybridized carbons (Fsp3) is 0.471. The molecule has 0 saturated carbocycles. The molecule has 2 N–H and O–H groups in total. The Balaban J connectivity index is 1.53. The quantitative estimate of drug-likeness (QED) is 0.860. The maximum absolute atomic E-state index is 4.76. The zero-order chi connectivity index (χ0) is 14.5. The highest BCUT2D eigenvalue weighted by Crippen LogP contribution is 2.29. The third-order valence-corrected chi connectivity index (χ3v) is 5.04. The van der Waals surface area contributed by atoms with Gasteiger partial charge in [-0.05, 0) is 37.8 Å². The van der Waals surface area contributed by atoms with Crippen LogP contribution in [0.3, 0.4) is 0 Å². The molecular weight excluding hydrogens is 278 g/mol. The lowest BCUT2D eigenvalue weighted by molar-refractivity contribution is 0.471. The molecule has 1 unspecified atom stereocenters. The van der Waals surface area contributed by atoms with E-state index >= 15 is 0 Å². The number of nitrogens with zero attached hydrogens (tertiary/aromatic N) is 1. The molecule has 3 nitrogen and oxygen atoms in total. The van der Waals surface area contributed by atoms with Crippen LogP contribution in [0.5, 0.6) is 0 Å². The van der Waals surface area contributed by atoms with E-state index in [1.165, 1.54) is 22.6 Å². The van der Waals surface area contributed by atoms with Crippen LogP contribution in [-0.4, -0.2) is 24.1 Å². The Kier molecular flexibility index (Phi) is 4.88. The van der Waals surface area contributed by atoms with Crippen molar-refractivity contribution in [3.63, 3.8) is 0 Å². The van der Waals surface area contributed by atoms with E-state index in [9.17, 15) is 0 Å². The van der Waals surface area contributed by atoms with Crippen molar-refractivity contribution in [1.29, 1.82) is 0 Å². The van der Waals surface area contributed by atoms with Crippen molar-refractivity contribution < 1.29 is 0 Å². The van der Waals surface area contributed by atoms with Gasteiger partial charge in [0.05, 0.1) is 5.69 Å². The van der Waals surface area contributed by atoms with E-state index in [1.807, 2.05) is 11.3 Å². The second kappa shape index (κ2) is 7.05. The summed E-state index contributed by atoms with van der Waals surface area (Å²) in [4.78, 5) is 6.22. The number of thiazole rings is 1. The van der Waals surface area contributed by atoms with Crippen molar-refractivity contribution >= 4 is 16.5 Å². The Morgan fingerprint density at radius 1 is 1.29 bits per heavy atom. The molecule has 1 heterocycles. The minimum Gasteiger partial charge on any atom is -0.361 e. The van der Waals surface area contributed by atoms with Crippen LogP contribution in [0.2, 0.25) is 0 Å². The van der Waals surface area contributed by atoms with Gasteiger partial charge in [0, 0.05) is 17.5 Å². The molecule has 1 aliphatic carbocycles. The van der Waals surface area contributed by atoms with Crippen LogP contribution in [0.4, 0.5) is 5.13 Å². The summed E-state index contributed by atoms with van der Waals surface area (Å²) in [5.74, 6) is 0. The highest BCUT2D eigenvalue weighted by atomic mass is 32.1. The number of fused-ring (bicyclic) bond motifs is 1. The minimum absolute atomic E-state index is 0.639. The number of rotatable bonds is 6. The second-order valence-electron chi connectivity index (χ2n) is 5.55. The number of likely N-dealkylation sites (N-methyl/N-ethyl adjacent to an activating group) is 1. The lowest BCUT2D eigenvalue weighted by Crippen LogP contribution is -2.33. The zero-order valence-electron chi connectivity index (χ0n) is 12.6. The molecule has 4 heteroatoms. The first-order valence-corrected chi connectivity index (χ1v) is 8.66. The Morgan fingerprint density at radius 3 is 2.95 bits per heavy atom. The van der Waals surface area contributed by atoms with Gasteiger partial charge in [-0.3, -0.25) is 0 Å². The van der Waals surface area contributed by atoms with Crippen LogP contribution >= 0.6 is 11.3 Å². The van der Waals surface area contributed by atoms with Gasteiger partial charge in [-0.15, -0.1) is 11.3 Å². The Bertz CT molecular complexity index is 565. The van der Waals surface area contributed by atoms with E-state index in [2.05, 4.69) is 47.9 Å². The molecule has 21 heavy (non-hydrogen) atoms. The predicted molar refractivity (Wildman–Crippen MR) is 90.2 cm³/mol. The Labute approximate surface area is 130 Å². The normalized spacial score (nSPS) is 17.5. The van der Waals surface area contributed by atoms with Gasteiger partial charge in [0.25, 0.3) is 0 Å². The molecule has 112 valence electrons. The van der Waals surface area contributed by atoms with Gasteiger partial charge in [0.15, 0.2) is 5.13 Å². The second-order valence-corrected chi connectivity index (χ2v) is 6.63. The predicted octanol–water partition coefficient (Wildman–Crippen LogP) is 3.26. The molecule has 0 fully saturated rings. The standard InChI is InChI=1S/C17H23N3S/c1-2-18-14-8-9-15-16(12-14)21-17(20-15)19-11-10-13-6-4-3-5-7-13/h3-7,14,18H,2,8-12H2,1H3,(H,19,20). The van der Waals surface area contributed by atoms with Crippen LogP contribution in [0, 0.1) is 0 Å². The molecule has 0 bridgehead atoms. The van der Waals surface area contributed by atoms with Gasteiger partial charge in [-0.25, -0.2) is 4.98 Å². The van der Waals surface area contributed by atoms with E-state index in [0.29, 0.717) is 6.04 Å². The first-order valence-electron chi connectivity index (χ1n) is 7.85. The van der Waals surface area contributed by atoms with Crippen LogP contribution in [-0.2, 0) is 19.3 Å². The van der Waals surface area contributed by atoms with Gasteiger partial charge < -0.3 is 10.6 Å². The van der Waals surface area contributed by atoms with Crippen molar-refractivity contribution in [3.8, 4) is 0 Å². The SMILES string of the molecule is CCNC1CCc2nc(NCCc3ccccc3)sc2C1. The summed E-state index contributed by atoms with van der Waals surface area (Å²) in [5, 5.41) is 8.13. The molecule has 1 atom stereocenters. The van der Waals surface area contributed by atoms with E-state index < -0.39 is 0 Å². The topological polar surface area (TPSA) is 37.0 Å². The summed E-state index contributed by atoms with van der Waals surface area (Å²) in [6.45, 7) is 4.19. The Hall–Kier alpha value is -1.39. The number of hydrogen-bond acceptors (Lipinski definition) is 4. The van der Waals surface area contributed by atoms with Crippen molar-refractivity contribution in [2.24, 2.45) is 0 Å². The van der Waals surface area contributed by atoms with Gasteiger partial charge in [-0.1, -0.05) is 37.3 Å². The van der Waals surface area contributed by atoms with E-state index in [4.69, 9.17) is 4.98 Å². The molecule has 1 aromatic heterocycles. The van der Waals surface area contributed by atoms with Crippen molar-refractivity contribution in [2.75, 3.05) is 18.4 Å². The van der Waals surface area contributed by atoms with Crippen LogP contribution in [0.15, 0.2) is 30.3 Å². The van der Waals surface area contributed by atoms with Gasteiger partial charge in [-0.2, -0.15) is 0 Å². The third-order valence-electron chi connectivity index (χ3n) is 3.97. The van der Waals surface area contributed by atoms with E-state index in [-0.39, 0.29) is 0 Å². The zero-order valence-corrected chi connectivity index (χ0v) is 13.4. The molecule has 0 amide bonds. The molecule has 2 aromatic rings. The van der Waals surface area contributed by atoms with Gasteiger partial charge >= 0.3 is 0 Å². The highest BCUT2D eigenvalue weighted by Gasteiger charge is 2.21.